The predicted octanol–water partition coefficient (Wildman–Crippen LogP) is 14.4. The van der Waals surface area contributed by atoms with Crippen LogP contribution in [-0.4, -0.2) is 22.0 Å². The van der Waals surface area contributed by atoms with Crippen molar-refractivity contribution < 1.29 is 24.2 Å². The number of carbonyl (C=O) groups is 2. The molecule has 8 aromatic carbocycles. The Morgan fingerprint density at radius 2 is 0.937 bits per heavy atom. The molecule has 0 aliphatic rings. The van der Waals surface area contributed by atoms with Gasteiger partial charge in [-0.05, 0) is 146 Å². The summed E-state index contributed by atoms with van der Waals surface area (Å²) in [5.41, 5.74) is 8.29. The van der Waals surface area contributed by atoms with Crippen LogP contribution in [0.5, 0.6) is 11.5 Å². The van der Waals surface area contributed by atoms with E-state index < -0.39 is 11.8 Å². The number of amides is 2. The second kappa shape index (κ2) is 16.5. The van der Waals surface area contributed by atoms with Crippen LogP contribution in [0, 0.1) is 27.7 Å². The molecule has 2 amide bonds. The van der Waals surface area contributed by atoms with Crippen molar-refractivity contribution in [2.75, 3.05) is 10.6 Å². The summed E-state index contributed by atoms with van der Waals surface area (Å²) in [7, 11) is 0. The lowest BCUT2D eigenvalue weighted by Crippen LogP contribution is -2.12. The monoisotopic (exact) mass is 828 g/mol. The van der Waals surface area contributed by atoms with Crippen molar-refractivity contribution in [3.8, 4) is 22.8 Å². The maximum atomic E-state index is 13.5. The van der Waals surface area contributed by atoms with Crippen molar-refractivity contribution in [1.82, 2.24) is 0 Å². The highest BCUT2D eigenvalue weighted by atomic mass is 16.3. The third-order valence-corrected chi connectivity index (χ3v) is 10.6. The molecule has 0 saturated heterocycles. The Balaban J connectivity index is 0.952. The van der Waals surface area contributed by atoms with E-state index in [1.807, 2.05) is 137 Å². The number of phenols is 2. The van der Waals surface area contributed by atoms with Gasteiger partial charge in [-0.25, -0.2) is 0 Å². The zero-order valence-electron chi connectivity index (χ0n) is 34.8. The molecule has 0 aliphatic heterocycles. The Morgan fingerprint density at radius 1 is 0.476 bits per heavy atom. The maximum absolute atomic E-state index is 13.5. The number of phenolic OH excluding ortho intramolecular Hbond substituents is 2. The van der Waals surface area contributed by atoms with E-state index in [1.165, 1.54) is 0 Å². The Kier molecular flexibility index (Phi) is 10.5. The summed E-state index contributed by atoms with van der Waals surface area (Å²) in [5, 5.41) is 50.0. The SMILES string of the molecule is Cc1cc(C)cc(NC(=O)c2cc3ccccc3c(N=Nc3ccc(-c4cc5cc(N=Nc6c(O)c(C(=O)Nc7cc(C)cc(C)c7)cc7ccccc67)ccc5o4)cc3)c2O)c1. The summed E-state index contributed by atoms with van der Waals surface area (Å²) >= 11 is 0. The molecule has 0 saturated carbocycles. The van der Waals surface area contributed by atoms with Gasteiger partial charge in [0.05, 0.1) is 22.5 Å². The molecule has 0 aliphatic carbocycles. The van der Waals surface area contributed by atoms with Crippen LogP contribution in [0.25, 0.3) is 43.8 Å². The number of fused-ring (bicyclic) bond motifs is 3. The van der Waals surface area contributed by atoms with Gasteiger partial charge in [-0.15, -0.1) is 10.2 Å². The van der Waals surface area contributed by atoms with Crippen LogP contribution in [0.4, 0.5) is 34.1 Å². The molecule has 11 nitrogen and oxygen atoms in total. The standard InChI is InChI=1S/C52H40N6O5/c1-29-19-30(2)22-39(21-29)53-51(61)43-26-34-9-5-7-11-41(34)47(49(43)59)57-55-37-15-13-33(14-16-37)46-28-36-25-38(17-18-45(36)63-46)56-58-48-42-12-8-6-10-35(42)27-44(50(48)60)52(62)54-40-23-31(3)20-32(4)24-40/h5-28,59-60H,1-4H3,(H,53,61)(H,54,62). The van der Waals surface area contributed by atoms with Crippen molar-refractivity contribution in [3.63, 3.8) is 0 Å². The minimum Gasteiger partial charge on any atom is -0.505 e. The normalized spacial score (nSPS) is 11.6. The Labute approximate surface area is 362 Å². The molecule has 0 unspecified atom stereocenters. The first kappa shape index (κ1) is 40.0. The summed E-state index contributed by atoms with van der Waals surface area (Å²) < 4.78 is 6.20. The number of aromatic hydroxyl groups is 2. The lowest BCUT2D eigenvalue weighted by atomic mass is 10.0. The molecular formula is C52H40N6O5. The van der Waals surface area contributed by atoms with Gasteiger partial charge in [0.1, 0.15) is 22.7 Å². The van der Waals surface area contributed by atoms with E-state index in [0.29, 0.717) is 44.9 Å². The molecule has 63 heavy (non-hydrogen) atoms. The minimum atomic E-state index is -0.462. The van der Waals surface area contributed by atoms with E-state index in [2.05, 4.69) is 31.1 Å². The average Bonchev–Trinajstić information content (AvgIpc) is 3.68. The average molecular weight is 829 g/mol. The summed E-state index contributed by atoms with van der Waals surface area (Å²) in [6.45, 7) is 7.83. The highest BCUT2D eigenvalue weighted by Gasteiger charge is 2.21. The first-order chi connectivity index (χ1) is 30.4. The molecule has 0 bridgehead atoms. The number of nitrogens with one attached hydrogen (secondary N) is 2. The molecule has 0 radical (unpaired) electrons. The smallest absolute Gasteiger partial charge is 0.259 e. The van der Waals surface area contributed by atoms with Gasteiger partial charge in [0.15, 0.2) is 11.5 Å². The van der Waals surface area contributed by atoms with Gasteiger partial charge in [0, 0.05) is 33.1 Å². The Bertz CT molecular complexity index is 3310. The number of hydrogen-bond donors (Lipinski definition) is 4. The van der Waals surface area contributed by atoms with Gasteiger partial charge in [0.2, 0.25) is 0 Å². The summed E-state index contributed by atoms with van der Waals surface area (Å²) in [4.78, 5) is 26.9. The summed E-state index contributed by atoms with van der Waals surface area (Å²) in [5.74, 6) is -0.855. The number of furan rings is 1. The molecule has 1 heterocycles. The maximum Gasteiger partial charge on any atom is 0.259 e. The van der Waals surface area contributed by atoms with Gasteiger partial charge in [0.25, 0.3) is 11.8 Å². The Hall–Kier alpha value is -8.44. The van der Waals surface area contributed by atoms with Crippen LogP contribution < -0.4 is 10.6 Å². The molecule has 9 aromatic rings. The van der Waals surface area contributed by atoms with Crippen molar-refractivity contribution in [2.45, 2.75) is 27.7 Å². The fourth-order valence-corrected chi connectivity index (χ4v) is 7.82. The van der Waals surface area contributed by atoms with E-state index in [1.54, 1.807) is 36.4 Å². The number of carbonyl (C=O) groups excluding carboxylic acids is 2. The van der Waals surface area contributed by atoms with E-state index >= 15 is 0 Å². The van der Waals surface area contributed by atoms with E-state index in [9.17, 15) is 19.8 Å². The topological polar surface area (TPSA) is 161 Å². The molecule has 4 N–H and O–H groups in total. The number of azo groups is 2. The van der Waals surface area contributed by atoms with Crippen LogP contribution in [-0.2, 0) is 0 Å². The zero-order valence-corrected chi connectivity index (χ0v) is 34.8. The highest BCUT2D eigenvalue weighted by Crippen LogP contribution is 2.42. The molecule has 9 rings (SSSR count). The highest BCUT2D eigenvalue weighted by molar-refractivity contribution is 6.13. The number of hydrogen-bond acceptors (Lipinski definition) is 9. The second-order valence-corrected chi connectivity index (χ2v) is 15.6. The Morgan fingerprint density at radius 3 is 1.44 bits per heavy atom. The molecule has 308 valence electrons. The number of rotatable bonds is 9. The van der Waals surface area contributed by atoms with Crippen LogP contribution >= 0.6 is 0 Å². The summed E-state index contributed by atoms with van der Waals surface area (Å²) in [6.07, 6.45) is 0. The van der Waals surface area contributed by atoms with Gasteiger partial charge < -0.3 is 25.3 Å². The first-order valence-electron chi connectivity index (χ1n) is 20.2. The van der Waals surface area contributed by atoms with Gasteiger partial charge >= 0.3 is 0 Å². The van der Waals surface area contributed by atoms with Crippen molar-refractivity contribution in [1.29, 1.82) is 0 Å². The van der Waals surface area contributed by atoms with Crippen LogP contribution in [0.3, 0.4) is 0 Å². The zero-order chi connectivity index (χ0) is 43.8. The van der Waals surface area contributed by atoms with Gasteiger partial charge in [-0.2, -0.15) is 10.2 Å². The molecular weight excluding hydrogens is 789 g/mol. The predicted molar refractivity (Wildman–Crippen MR) is 249 cm³/mol. The number of benzene rings is 8. The van der Waals surface area contributed by atoms with E-state index in [4.69, 9.17) is 4.42 Å². The third kappa shape index (κ3) is 8.35. The van der Waals surface area contributed by atoms with Crippen LogP contribution in [0.2, 0.25) is 0 Å². The lowest BCUT2D eigenvalue weighted by Gasteiger charge is -2.12. The van der Waals surface area contributed by atoms with Gasteiger partial charge in [-0.1, -0.05) is 60.7 Å². The summed E-state index contributed by atoms with van der Waals surface area (Å²) in [6, 6.07) is 44.2. The molecule has 0 spiro atoms. The van der Waals surface area contributed by atoms with Crippen molar-refractivity contribution >= 4 is 78.5 Å². The lowest BCUT2D eigenvalue weighted by molar-refractivity contribution is 0.101. The third-order valence-electron chi connectivity index (χ3n) is 10.6. The first-order valence-corrected chi connectivity index (χ1v) is 20.2. The van der Waals surface area contributed by atoms with Crippen molar-refractivity contribution in [2.24, 2.45) is 20.5 Å². The fraction of sp³-hybridized carbons (Fsp3) is 0.0769. The molecule has 1 aromatic heterocycles. The number of aryl methyl sites for hydroxylation is 4. The molecule has 0 fully saturated rings. The molecule has 11 heteroatoms. The van der Waals surface area contributed by atoms with Crippen LogP contribution in [0.1, 0.15) is 43.0 Å². The number of nitrogens with zero attached hydrogens (tertiary/aromatic N) is 4. The van der Waals surface area contributed by atoms with E-state index in [-0.39, 0.29) is 34.0 Å². The van der Waals surface area contributed by atoms with E-state index in [0.717, 1.165) is 44.0 Å². The quantitative estimate of drug-likeness (QED) is 0.106. The van der Waals surface area contributed by atoms with Crippen LogP contribution in [0.15, 0.2) is 170 Å². The number of anilines is 2. The van der Waals surface area contributed by atoms with Gasteiger partial charge in [-0.3, -0.25) is 9.59 Å². The largest absolute Gasteiger partial charge is 0.505 e. The fourth-order valence-electron chi connectivity index (χ4n) is 7.82. The molecule has 0 atom stereocenters. The van der Waals surface area contributed by atoms with Crippen molar-refractivity contribution in [3.05, 3.63) is 179 Å². The second-order valence-electron chi connectivity index (χ2n) is 15.6. The minimum absolute atomic E-state index is 0.0822.